The molecule has 0 fully saturated rings. The average Bonchev–Trinajstić information content (AvgIpc) is 2.30. The molecule has 2 N–H and O–H groups in total. The number of rotatable bonds is 10. The van der Waals surface area contributed by atoms with Crippen LogP contribution in [-0.4, -0.2) is 23.7 Å². The molecule has 16 heavy (non-hydrogen) atoms. The lowest BCUT2D eigenvalue weighted by Crippen LogP contribution is -2.36. The van der Waals surface area contributed by atoms with Crippen molar-refractivity contribution >= 4 is 5.91 Å². The van der Waals surface area contributed by atoms with Gasteiger partial charge >= 0.3 is 0 Å². The number of hydrogen-bond donors (Lipinski definition) is 2. The van der Waals surface area contributed by atoms with Crippen molar-refractivity contribution in [3.63, 3.8) is 0 Å². The number of hydrogen-bond acceptors (Lipinski definition) is 2. The Morgan fingerprint density at radius 1 is 1.12 bits per heavy atom. The molecule has 0 aliphatic heterocycles. The first-order valence-electron chi connectivity index (χ1n) is 6.64. The molecular weight excluding hydrogens is 202 g/mol. The zero-order chi connectivity index (χ0) is 12.2. The van der Waals surface area contributed by atoms with Crippen LogP contribution in [0.3, 0.4) is 0 Å². The van der Waals surface area contributed by atoms with Crippen molar-refractivity contribution in [2.24, 2.45) is 0 Å². The predicted molar refractivity (Wildman–Crippen MR) is 67.3 cm³/mol. The SMILES string of the molecule is CCCCCCCCC(=O)NC(CC)CO. The molecule has 0 saturated carbocycles. The monoisotopic (exact) mass is 229 g/mol. The van der Waals surface area contributed by atoms with Crippen LogP contribution >= 0.6 is 0 Å². The van der Waals surface area contributed by atoms with Crippen LogP contribution < -0.4 is 5.32 Å². The average molecular weight is 229 g/mol. The minimum Gasteiger partial charge on any atom is -0.394 e. The fourth-order valence-corrected chi connectivity index (χ4v) is 1.64. The molecule has 1 amide bonds. The van der Waals surface area contributed by atoms with Crippen molar-refractivity contribution < 1.29 is 9.90 Å². The van der Waals surface area contributed by atoms with Crippen molar-refractivity contribution in [3.05, 3.63) is 0 Å². The number of nitrogens with one attached hydrogen (secondary N) is 1. The predicted octanol–water partition coefficient (Wildman–Crippen LogP) is 2.62. The van der Waals surface area contributed by atoms with Gasteiger partial charge in [0.1, 0.15) is 0 Å². The largest absolute Gasteiger partial charge is 0.394 e. The van der Waals surface area contributed by atoms with Crippen molar-refractivity contribution in [2.75, 3.05) is 6.61 Å². The number of carbonyl (C=O) groups is 1. The summed E-state index contributed by atoms with van der Waals surface area (Å²) in [4.78, 5) is 11.4. The molecule has 0 radical (unpaired) electrons. The number of aliphatic hydroxyl groups excluding tert-OH is 1. The Balaban J connectivity index is 3.36. The molecule has 0 aromatic heterocycles. The summed E-state index contributed by atoms with van der Waals surface area (Å²) >= 11 is 0. The molecule has 0 saturated heterocycles. The van der Waals surface area contributed by atoms with E-state index in [4.69, 9.17) is 5.11 Å². The van der Waals surface area contributed by atoms with Gasteiger partial charge in [0, 0.05) is 6.42 Å². The zero-order valence-electron chi connectivity index (χ0n) is 10.8. The Hall–Kier alpha value is -0.570. The van der Waals surface area contributed by atoms with Crippen molar-refractivity contribution in [2.45, 2.75) is 71.3 Å². The van der Waals surface area contributed by atoms with Gasteiger partial charge in [-0.2, -0.15) is 0 Å². The summed E-state index contributed by atoms with van der Waals surface area (Å²) in [6.45, 7) is 4.21. The first-order chi connectivity index (χ1) is 7.74. The summed E-state index contributed by atoms with van der Waals surface area (Å²) in [7, 11) is 0. The van der Waals surface area contributed by atoms with E-state index in [0.29, 0.717) is 6.42 Å². The normalized spacial score (nSPS) is 12.4. The second-order valence-electron chi connectivity index (χ2n) is 4.37. The highest BCUT2D eigenvalue weighted by Crippen LogP contribution is 2.06. The van der Waals surface area contributed by atoms with Gasteiger partial charge in [0.25, 0.3) is 0 Å². The quantitative estimate of drug-likeness (QED) is 0.566. The highest BCUT2D eigenvalue weighted by molar-refractivity contribution is 5.76. The molecule has 0 aliphatic carbocycles. The maximum Gasteiger partial charge on any atom is 0.220 e. The Bertz CT molecular complexity index is 167. The van der Waals surface area contributed by atoms with E-state index >= 15 is 0 Å². The number of unbranched alkanes of at least 4 members (excludes halogenated alkanes) is 5. The van der Waals surface area contributed by atoms with Crippen LogP contribution in [0.2, 0.25) is 0 Å². The summed E-state index contributed by atoms with van der Waals surface area (Å²) in [5.74, 6) is 0.0800. The zero-order valence-corrected chi connectivity index (χ0v) is 10.8. The minimum atomic E-state index is -0.0624. The molecule has 0 heterocycles. The van der Waals surface area contributed by atoms with Gasteiger partial charge in [-0.1, -0.05) is 46.0 Å². The number of aliphatic hydroxyl groups is 1. The van der Waals surface area contributed by atoms with Gasteiger partial charge in [-0.05, 0) is 12.8 Å². The smallest absolute Gasteiger partial charge is 0.220 e. The summed E-state index contributed by atoms with van der Waals surface area (Å²) in [6.07, 6.45) is 8.58. The fourth-order valence-electron chi connectivity index (χ4n) is 1.64. The van der Waals surface area contributed by atoms with E-state index in [0.717, 1.165) is 19.3 Å². The van der Waals surface area contributed by atoms with E-state index in [1.54, 1.807) is 0 Å². The van der Waals surface area contributed by atoms with Gasteiger partial charge in [0.15, 0.2) is 0 Å². The molecule has 0 aromatic rings. The van der Waals surface area contributed by atoms with Crippen LogP contribution in [0.15, 0.2) is 0 Å². The third-order valence-corrected chi connectivity index (χ3v) is 2.84. The molecule has 0 spiro atoms. The van der Waals surface area contributed by atoms with Gasteiger partial charge in [0.2, 0.25) is 5.91 Å². The van der Waals surface area contributed by atoms with Gasteiger partial charge in [-0.3, -0.25) is 4.79 Å². The maximum absolute atomic E-state index is 11.4. The van der Waals surface area contributed by atoms with Crippen LogP contribution in [0.4, 0.5) is 0 Å². The van der Waals surface area contributed by atoms with Crippen LogP contribution in [0.25, 0.3) is 0 Å². The number of amides is 1. The van der Waals surface area contributed by atoms with E-state index in [1.165, 1.54) is 25.7 Å². The summed E-state index contributed by atoms with van der Waals surface area (Å²) in [5, 5.41) is 11.8. The van der Waals surface area contributed by atoms with E-state index < -0.39 is 0 Å². The number of carbonyl (C=O) groups excluding carboxylic acids is 1. The van der Waals surface area contributed by atoms with Crippen molar-refractivity contribution in [1.82, 2.24) is 5.32 Å². The molecule has 0 aromatic carbocycles. The summed E-state index contributed by atoms with van der Waals surface area (Å²) < 4.78 is 0. The third kappa shape index (κ3) is 8.72. The van der Waals surface area contributed by atoms with Gasteiger partial charge in [-0.25, -0.2) is 0 Å². The molecular formula is C13H27NO2. The molecule has 1 atom stereocenters. The van der Waals surface area contributed by atoms with Crippen molar-refractivity contribution in [3.8, 4) is 0 Å². The van der Waals surface area contributed by atoms with Crippen LogP contribution in [0.1, 0.15) is 65.2 Å². The Morgan fingerprint density at radius 3 is 2.31 bits per heavy atom. The Labute approximate surface area is 99.6 Å². The minimum absolute atomic E-state index is 0.0404. The molecule has 1 unspecified atom stereocenters. The van der Waals surface area contributed by atoms with Gasteiger partial charge in [-0.15, -0.1) is 0 Å². The van der Waals surface area contributed by atoms with Crippen LogP contribution in [0.5, 0.6) is 0 Å². The standard InChI is InChI=1S/C13H27NO2/c1-3-5-6-7-8-9-10-13(16)14-12(4-2)11-15/h12,15H,3-11H2,1-2H3,(H,14,16). The lowest BCUT2D eigenvalue weighted by Gasteiger charge is -2.13. The lowest BCUT2D eigenvalue weighted by atomic mass is 10.1. The lowest BCUT2D eigenvalue weighted by molar-refractivity contribution is -0.122. The molecule has 0 bridgehead atoms. The van der Waals surface area contributed by atoms with E-state index in [2.05, 4.69) is 12.2 Å². The molecule has 0 rings (SSSR count). The van der Waals surface area contributed by atoms with E-state index in [-0.39, 0.29) is 18.6 Å². The Kier molecular flexibility index (Phi) is 10.5. The van der Waals surface area contributed by atoms with E-state index in [1.807, 2.05) is 6.92 Å². The first kappa shape index (κ1) is 15.4. The molecule has 96 valence electrons. The van der Waals surface area contributed by atoms with Crippen LogP contribution in [0, 0.1) is 0 Å². The van der Waals surface area contributed by atoms with Crippen LogP contribution in [-0.2, 0) is 4.79 Å². The first-order valence-corrected chi connectivity index (χ1v) is 6.64. The molecule has 3 heteroatoms. The fraction of sp³-hybridized carbons (Fsp3) is 0.923. The summed E-state index contributed by atoms with van der Waals surface area (Å²) in [6, 6.07) is -0.0624. The van der Waals surface area contributed by atoms with E-state index in [9.17, 15) is 4.79 Å². The highest BCUT2D eigenvalue weighted by atomic mass is 16.3. The topological polar surface area (TPSA) is 49.3 Å². The summed E-state index contributed by atoms with van der Waals surface area (Å²) in [5.41, 5.74) is 0. The molecule has 3 nitrogen and oxygen atoms in total. The molecule has 0 aliphatic rings. The second-order valence-corrected chi connectivity index (χ2v) is 4.37. The maximum atomic E-state index is 11.4. The Morgan fingerprint density at radius 2 is 1.75 bits per heavy atom. The van der Waals surface area contributed by atoms with Gasteiger partial charge in [0.05, 0.1) is 12.6 Å². The second kappa shape index (κ2) is 10.9. The van der Waals surface area contributed by atoms with Gasteiger partial charge < -0.3 is 10.4 Å². The third-order valence-electron chi connectivity index (χ3n) is 2.84. The van der Waals surface area contributed by atoms with Crippen molar-refractivity contribution in [1.29, 1.82) is 0 Å². The highest BCUT2D eigenvalue weighted by Gasteiger charge is 2.08.